The van der Waals surface area contributed by atoms with Crippen LogP contribution in [0.4, 0.5) is 0 Å². The summed E-state index contributed by atoms with van der Waals surface area (Å²) in [6, 6.07) is 21.4. The fourth-order valence-corrected chi connectivity index (χ4v) is 5.12. The van der Waals surface area contributed by atoms with E-state index in [1.807, 2.05) is 0 Å². The third kappa shape index (κ3) is 11.3. The second kappa shape index (κ2) is 17.7. The molecule has 0 spiro atoms. The molecule has 1 N–H and O–H groups in total. The van der Waals surface area contributed by atoms with E-state index in [1.165, 1.54) is 88.2 Å². The zero-order valence-corrected chi connectivity index (χ0v) is 22.1. The molecule has 0 bridgehead atoms. The minimum atomic E-state index is 0.103. The van der Waals surface area contributed by atoms with Gasteiger partial charge in [-0.1, -0.05) is 145 Å². The van der Waals surface area contributed by atoms with Crippen LogP contribution in [0.15, 0.2) is 60.7 Å². The smallest absolute Gasteiger partial charge is 0.102 e. The summed E-state index contributed by atoms with van der Waals surface area (Å²) < 4.78 is 12.7. The van der Waals surface area contributed by atoms with Gasteiger partial charge in [0.2, 0.25) is 0 Å². The topological polar surface area (TPSA) is 30.5 Å². The molecular formula is C32H49NO2. The Hall–Kier alpha value is -1.68. The molecule has 0 saturated carbocycles. The zero-order valence-electron chi connectivity index (χ0n) is 22.1. The van der Waals surface area contributed by atoms with Gasteiger partial charge in [-0.2, -0.15) is 0 Å². The van der Waals surface area contributed by atoms with E-state index >= 15 is 0 Å². The average Bonchev–Trinajstić information content (AvgIpc) is 3.29. The normalized spacial score (nSPS) is 19.9. The van der Waals surface area contributed by atoms with Gasteiger partial charge in [0.05, 0.1) is 25.4 Å². The van der Waals surface area contributed by atoms with Crippen molar-refractivity contribution in [2.45, 2.75) is 122 Å². The van der Waals surface area contributed by atoms with Crippen LogP contribution in [0.5, 0.6) is 0 Å². The predicted molar refractivity (Wildman–Crippen MR) is 148 cm³/mol. The molecule has 1 aliphatic heterocycles. The Morgan fingerprint density at radius 1 is 0.714 bits per heavy atom. The van der Waals surface area contributed by atoms with Gasteiger partial charge in [-0.05, 0) is 17.5 Å². The van der Waals surface area contributed by atoms with Crippen molar-refractivity contribution < 1.29 is 9.47 Å². The van der Waals surface area contributed by atoms with Gasteiger partial charge in [-0.25, -0.2) is 0 Å². The third-order valence-corrected chi connectivity index (χ3v) is 7.29. The molecular weight excluding hydrogens is 430 g/mol. The van der Waals surface area contributed by atoms with Crippen LogP contribution in [0.1, 0.15) is 102 Å². The van der Waals surface area contributed by atoms with Crippen LogP contribution in [-0.4, -0.2) is 24.9 Å². The van der Waals surface area contributed by atoms with E-state index in [4.69, 9.17) is 9.47 Å². The Labute approximate surface area is 215 Å². The quantitative estimate of drug-likeness (QED) is 0.206. The number of benzene rings is 2. The fraction of sp³-hybridized carbons (Fsp3) is 0.625. The van der Waals surface area contributed by atoms with Crippen molar-refractivity contribution >= 4 is 0 Å². The summed E-state index contributed by atoms with van der Waals surface area (Å²) in [5.41, 5.74) is 2.53. The summed E-state index contributed by atoms with van der Waals surface area (Å²) in [7, 11) is 0. The number of rotatable bonds is 19. The van der Waals surface area contributed by atoms with Gasteiger partial charge in [0, 0.05) is 6.54 Å². The molecule has 0 aliphatic carbocycles. The van der Waals surface area contributed by atoms with Gasteiger partial charge in [-0.3, -0.25) is 0 Å². The fourth-order valence-electron chi connectivity index (χ4n) is 5.12. The van der Waals surface area contributed by atoms with E-state index < -0.39 is 0 Å². The second-order valence-electron chi connectivity index (χ2n) is 10.3. The van der Waals surface area contributed by atoms with E-state index in [2.05, 4.69) is 72.9 Å². The minimum absolute atomic E-state index is 0.103. The highest BCUT2D eigenvalue weighted by molar-refractivity contribution is 5.15. The average molecular weight is 480 g/mol. The standard InChI is InChI=1S/C32H49NO2/c1-2-3-4-5-6-7-8-9-10-11-12-19-24-31-32(35-26-29-22-17-14-18-23-29)30(27-34-31)33-25-28-20-15-13-16-21-28/h13-18,20-23,30-33H,2-12,19,24-27H2,1H3/t30-,31+,32-/m1/s1. The van der Waals surface area contributed by atoms with Crippen molar-refractivity contribution in [2.24, 2.45) is 0 Å². The number of hydrogen-bond acceptors (Lipinski definition) is 3. The summed E-state index contributed by atoms with van der Waals surface area (Å²) >= 11 is 0. The highest BCUT2D eigenvalue weighted by atomic mass is 16.6. The monoisotopic (exact) mass is 479 g/mol. The Morgan fingerprint density at radius 2 is 1.26 bits per heavy atom. The maximum atomic E-state index is 6.47. The van der Waals surface area contributed by atoms with Crippen LogP contribution in [-0.2, 0) is 22.6 Å². The van der Waals surface area contributed by atoms with Gasteiger partial charge in [-0.15, -0.1) is 0 Å². The zero-order chi connectivity index (χ0) is 24.4. The SMILES string of the molecule is CCCCCCCCCCCCCC[C@@H]1OC[C@@H](NCc2ccccc2)[C@H]1OCc1ccccc1. The molecule has 1 fully saturated rings. The van der Waals surface area contributed by atoms with E-state index in [-0.39, 0.29) is 18.2 Å². The first kappa shape index (κ1) is 27.9. The van der Waals surface area contributed by atoms with Gasteiger partial charge in [0.15, 0.2) is 0 Å². The summed E-state index contributed by atoms with van der Waals surface area (Å²) in [5, 5.41) is 3.71. The van der Waals surface area contributed by atoms with Gasteiger partial charge in [0.25, 0.3) is 0 Å². The summed E-state index contributed by atoms with van der Waals surface area (Å²) in [5.74, 6) is 0. The number of unbranched alkanes of at least 4 members (excludes halogenated alkanes) is 11. The number of hydrogen-bond donors (Lipinski definition) is 1. The largest absolute Gasteiger partial charge is 0.374 e. The molecule has 194 valence electrons. The first-order valence-electron chi connectivity index (χ1n) is 14.4. The van der Waals surface area contributed by atoms with Crippen molar-refractivity contribution in [1.82, 2.24) is 5.32 Å². The summed E-state index contributed by atoms with van der Waals surface area (Å²) in [6.07, 6.45) is 18.0. The number of nitrogens with one attached hydrogen (secondary N) is 1. The summed E-state index contributed by atoms with van der Waals surface area (Å²) in [4.78, 5) is 0. The van der Waals surface area contributed by atoms with Crippen LogP contribution in [0.25, 0.3) is 0 Å². The second-order valence-corrected chi connectivity index (χ2v) is 10.3. The van der Waals surface area contributed by atoms with E-state index in [0.717, 1.165) is 19.6 Å². The van der Waals surface area contributed by atoms with Crippen LogP contribution in [0.3, 0.4) is 0 Å². The Bertz CT molecular complexity index is 751. The molecule has 3 nitrogen and oxygen atoms in total. The predicted octanol–water partition coefficient (Wildman–Crippen LogP) is 8.22. The van der Waals surface area contributed by atoms with Crippen LogP contribution >= 0.6 is 0 Å². The molecule has 3 heteroatoms. The molecule has 0 unspecified atom stereocenters. The maximum Gasteiger partial charge on any atom is 0.102 e. The highest BCUT2D eigenvalue weighted by Gasteiger charge is 2.37. The molecule has 0 amide bonds. The lowest BCUT2D eigenvalue weighted by atomic mass is 10.0. The molecule has 3 rings (SSSR count). The number of ether oxygens (including phenoxy) is 2. The Morgan fingerprint density at radius 3 is 1.86 bits per heavy atom. The molecule has 1 heterocycles. The first-order chi connectivity index (χ1) is 17.4. The van der Waals surface area contributed by atoms with Crippen LogP contribution in [0, 0.1) is 0 Å². The molecule has 0 radical (unpaired) electrons. The molecule has 1 saturated heterocycles. The van der Waals surface area contributed by atoms with Crippen molar-refractivity contribution in [3.8, 4) is 0 Å². The highest BCUT2D eigenvalue weighted by Crippen LogP contribution is 2.25. The van der Waals surface area contributed by atoms with Crippen molar-refractivity contribution in [2.75, 3.05) is 6.61 Å². The van der Waals surface area contributed by atoms with Crippen molar-refractivity contribution in [3.63, 3.8) is 0 Å². The minimum Gasteiger partial charge on any atom is -0.374 e. The molecule has 3 atom stereocenters. The lowest BCUT2D eigenvalue weighted by Crippen LogP contribution is -2.42. The van der Waals surface area contributed by atoms with E-state index in [0.29, 0.717) is 6.61 Å². The van der Waals surface area contributed by atoms with Crippen molar-refractivity contribution in [1.29, 1.82) is 0 Å². The molecule has 0 aromatic heterocycles. The molecule has 35 heavy (non-hydrogen) atoms. The molecule has 2 aromatic rings. The molecule has 2 aromatic carbocycles. The van der Waals surface area contributed by atoms with Gasteiger partial charge in [0.1, 0.15) is 6.10 Å². The van der Waals surface area contributed by atoms with E-state index in [1.54, 1.807) is 0 Å². The van der Waals surface area contributed by atoms with Crippen LogP contribution < -0.4 is 5.32 Å². The third-order valence-electron chi connectivity index (χ3n) is 7.29. The lowest BCUT2D eigenvalue weighted by molar-refractivity contribution is -0.0265. The van der Waals surface area contributed by atoms with Crippen LogP contribution in [0.2, 0.25) is 0 Å². The van der Waals surface area contributed by atoms with Gasteiger partial charge < -0.3 is 14.8 Å². The van der Waals surface area contributed by atoms with Gasteiger partial charge >= 0.3 is 0 Å². The van der Waals surface area contributed by atoms with Crippen molar-refractivity contribution in [3.05, 3.63) is 71.8 Å². The molecule has 1 aliphatic rings. The first-order valence-corrected chi connectivity index (χ1v) is 14.4. The maximum absolute atomic E-state index is 6.47. The summed E-state index contributed by atoms with van der Waals surface area (Å²) in [6.45, 7) is 4.52. The Kier molecular flexibility index (Phi) is 14.1. The van der Waals surface area contributed by atoms with E-state index in [9.17, 15) is 0 Å². The lowest BCUT2D eigenvalue weighted by Gasteiger charge is -2.24. The Balaban J connectivity index is 1.34.